The maximum absolute atomic E-state index is 2.28. The zero-order valence-corrected chi connectivity index (χ0v) is 9.61. The van der Waals surface area contributed by atoms with Crippen molar-refractivity contribution >= 4 is 0 Å². The van der Waals surface area contributed by atoms with Gasteiger partial charge < -0.3 is 0 Å². The Morgan fingerprint density at radius 2 is 1.50 bits per heavy atom. The van der Waals surface area contributed by atoms with E-state index < -0.39 is 0 Å². The van der Waals surface area contributed by atoms with Crippen LogP contribution in [-0.2, 0) is 0 Å². The summed E-state index contributed by atoms with van der Waals surface area (Å²) in [5, 5.41) is 0. The Balaban J connectivity index is 0.000000202. The summed E-state index contributed by atoms with van der Waals surface area (Å²) < 4.78 is 0. The van der Waals surface area contributed by atoms with Crippen LogP contribution in [0.2, 0.25) is 0 Å². The van der Waals surface area contributed by atoms with E-state index in [1.807, 2.05) is 0 Å². The van der Waals surface area contributed by atoms with Crippen LogP contribution in [0.5, 0.6) is 0 Å². The minimum absolute atomic E-state index is 0.542. The van der Waals surface area contributed by atoms with Gasteiger partial charge in [-0.15, -0.1) is 0 Å². The summed E-state index contributed by atoms with van der Waals surface area (Å²) in [4.78, 5) is 0. The minimum Gasteiger partial charge on any atom is -0.0651 e. The third-order valence-electron chi connectivity index (χ3n) is 2.86. The van der Waals surface area contributed by atoms with E-state index in [2.05, 4.69) is 34.6 Å². The highest BCUT2D eigenvalue weighted by Crippen LogP contribution is 2.28. The van der Waals surface area contributed by atoms with Crippen molar-refractivity contribution in [1.82, 2.24) is 0 Å². The second-order valence-electron chi connectivity index (χ2n) is 5.12. The van der Waals surface area contributed by atoms with Crippen molar-refractivity contribution in [3.63, 3.8) is 0 Å². The Kier molecular flexibility index (Phi) is 5.61. The van der Waals surface area contributed by atoms with Gasteiger partial charge in [0.2, 0.25) is 0 Å². The van der Waals surface area contributed by atoms with Crippen molar-refractivity contribution in [2.24, 2.45) is 11.3 Å². The van der Waals surface area contributed by atoms with Crippen LogP contribution in [0.1, 0.15) is 66.7 Å². The van der Waals surface area contributed by atoms with Gasteiger partial charge in [0.15, 0.2) is 0 Å². The topological polar surface area (TPSA) is 0 Å². The second-order valence-corrected chi connectivity index (χ2v) is 5.12. The van der Waals surface area contributed by atoms with Crippen LogP contribution in [-0.4, -0.2) is 0 Å². The number of rotatable bonds is 1. The van der Waals surface area contributed by atoms with Gasteiger partial charge in [-0.25, -0.2) is 0 Å². The van der Waals surface area contributed by atoms with Crippen molar-refractivity contribution in [1.29, 1.82) is 0 Å². The number of hydrogen-bond donors (Lipinski definition) is 0. The summed E-state index contributed by atoms with van der Waals surface area (Å²) in [5.41, 5.74) is 0.542. The summed E-state index contributed by atoms with van der Waals surface area (Å²) in [5.74, 6) is 1.12. The van der Waals surface area contributed by atoms with E-state index in [4.69, 9.17) is 0 Å². The molecule has 0 aliphatic heterocycles. The summed E-state index contributed by atoms with van der Waals surface area (Å²) in [6.45, 7) is 11.2. The second kappa shape index (κ2) is 5.61. The average Bonchev–Trinajstić information content (AvgIpc) is 1.85. The van der Waals surface area contributed by atoms with Crippen LogP contribution in [0.4, 0.5) is 0 Å². The van der Waals surface area contributed by atoms with Gasteiger partial charge in [0.25, 0.3) is 0 Å². The van der Waals surface area contributed by atoms with Crippen molar-refractivity contribution in [3.05, 3.63) is 0 Å². The Morgan fingerprint density at radius 3 is 1.50 bits per heavy atom. The normalized spacial score (nSPS) is 17.8. The van der Waals surface area contributed by atoms with Crippen LogP contribution < -0.4 is 0 Å². The standard InChI is InChI=1S/C6H12.C6H14/c1-2-6-4-3-5-6;1-5-6(2,3)4/h6H,2-5H2,1H3;5H2,1-4H3. The zero-order valence-electron chi connectivity index (χ0n) is 9.61. The maximum atomic E-state index is 2.28. The van der Waals surface area contributed by atoms with Crippen LogP contribution in [0.15, 0.2) is 0 Å². The first-order valence-corrected chi connectivity index (χ1v) is 5.49. The molecule has 1 saturated carbocycles. The molecule has 0 bridgehead atoms. The van der Waals surface area contributed by atoms with E-state index in [0.29, 0.717) is 5.41 Å². The average molecular weight is 170 g/mol. The Morgan fingerprint density at radius 1 is 1.08 bits per heavy atom. The lowest BCUT2D eigenvalue weighted by molar-refractivity contribution is 0.307. The maximum Gasteiger partial charge on any atom is -0.0385 e. The van der Waals surface area contributed by atoms with Gasteiger partial charge in [-0.1, -0.05) is 66.7 Å². The van der Waals surface area contributed by atoms with Crippen molar-refractivity contribution < 1.29 is 0 Å². The summed E-state index contributed by atoms with van der Waals surface area (Å²) >= 11 is 0. The molecule has 0 amide bonds. The van der Waals surface area contributed by atoms with Crippen molar-refractivity contribution in [2.75, 3.05) is 0 Å². The molecule has 1 aliphatic carbocycles. The summed E-state index contributed by atoms with van der Waals surface area (Å²) in [6, 6.07) is 0. The molecule has 1 aliphatic rings. The molecular formula is C12H26. The molecule has 0 heteroatoms. The predicted octanol–water partition coefficient (Wildman–Crippen LogP) is 4.64. The van der Waals surface area contributed by atoms with Gasteiger partial charge >= 0.3 is 0 Å². The van der Waals surface area contributed by atoms with E-state index >= 15 is 0 Å². The third kappa shape index (κ3) is 6.69. The molecule has 0 saturated heterocycles. The first-order valence-electron chi connectivity index (χ1n) is 5.49. The smallest absolute Gasteiger partial charge is 0.0385 e. The number of hydrogen-bond acceptors (Lipinski definition) is 0. The molecule has 0 aromatic heterocycles. The third-order valence-corrected chi connectivity index (χ3v) is 2.86. The fourth-order valence-electron chi connectivity index (χ4n) is 0.901. The van der Waals surface area contributed by atoms with Gasteiger partial charge in [0.05, 0.1) is 0 Å². The van der Waals surface area contributed by atoms with Crippen LogP contribution in [0.25, 0.3) is 0 Å². The van der Waals surface area contributed by atoms with Crippen LogP contribution in [0, 0.1) is 11.3 Å². The lowest BCUT2D eigenvalue weighted by Gasteiger charge is -2.22. The highest BCUT2D eigenvalue weighted by Gasteiger charge is 2.13. The molecule has 74 valence electrons. The highest BCUT2D eigenvalue weighted by atomic mass is 14.2. The molecule has 0 N–H and O–H groups in total. The van der Waals surface area contributed by atoms with Gasteiger partial charge in [-0.2, -0.15) is 0 Å². The minimum atomic E-state index is 0.542. The Bertz CT molecular complexity index is 90.3. The van der Waals surface area contributed by atoms with E-state index in [1.165, 1.54) is 32.1 Å². The van der Waals surface area contributed by atoms with Crippen molar-refractivity contribution in [3.8, 4) is 0 Å². The zero-order chi connectivity index (χ0) is 9.61. The van der Waals surface area contributed by atoms with E-state index in [9.17, 15) is 0 Å². The molecule has 0 radical (unpaired) electrons. The first kappa shape index (κ1) is 12.0. The van der Waals surface area contributed by atoms with Crippen LogP contribution >= 0.6 is 0 Å². The quantitative estimate of drug-likeness (QED) is 0.538. The molecule has 0 aromatic carbocycles. The Hall–Kier alpha value is 0. The monoisotopic (exact) mass is 170 g/mol. The molecule has 0 atom stereocenters. The fraction of sp³-hybridized carbons (Fsp3) is 1.00. The first-order chi connectivity index (χ1) is 5.49. The van der Waals surface area contributed by atoms with Gasteiger partial charge in [0, 0.05) is 0 Å². The molecule has 12 heavy (non-hydrogen) atoms. The van der Waals surface area contributed by atoms with Crippen molar-refractivity contribution in [2.45, 2.75) is 66.7 Å². The van der Waals surface area contributed by atoms with Gasteiger partial charge in [-0.3, -0.25) is 0 Å². The van der Waals surface area contributed by atoms with E-state index in [0.717, 1.165) is 5.92 Å². The molecule has 0 nitrogen and oxygen atoms in total. The van der Waals surface area contributed by atoms with Gasteiger partial charge in [0.1, 0.15) is 0 Å². The summed E-state index contributed by atoms with van der Waals surface area (Å²) in [7, 11) is 0. The van der Waals surface area contributed by atoms with Gasteiger partial charge in [-0.05, 0) is 11.3 Å². The molecule has 1 fully saturated rings. The molecule has 0 spiro atoms. The molecule has 1 rings (SSSR count). The molecule has 0 unspecified atom stereocenters. The SMILES string of the molecule is CCC(C)(C)C.CCC1CCC1. The fourth-order valence-corrected chi connectivity index (χ4v) is 0.901. The lowest BCUT2D eigenvalue weighted by Crippen LogP contribution is -2.08. The van der Waals surface area contributed by atoms with E-state index in [-0.39, 0.29) is 0 Å². The molecule has 0 heterocycles. The summed E-state index contributed by atoms with van der Waals surface area (Å²) in [6.07, 6.45) is 7.21. The van der Waals surface area contributed by atoms with Crippen LogP contribution in [0.3, 0.4) is 0 Å². The Labute approximate surface area is 78.8 Å². The predicted molar refractivity (Wildman–Crippen MR) is 57.4 cm³/mol. The molecular weight excluding hydrogens is 144 g/mol. The molecule has 0 aromatic rings. The van der Waals surface area contributed by atoms with E-state index in [1.54, 1.807) is 0 Å². The highest BCUT2D eigenvalue weighted by molar-refractivity contribution is 4.66. The largest absolute Gasteiger partial charge is 0.0651 e. The lowest BCUT2D eigenvalue weighted by atomic mass is 9.84.